The molecule has 17 heavy (non-hydrogen) atoms. The molecule has 94 valence electrons. The number of aromatic carboxylic acids is 1. The zero-order chi connectivity index (χ0) is 13.0. The summed E-state index contributed by atoms with van der Waals surface area (Å²) >= 11 is 0. The molecule has 1 rings (SSSR count). The van der Waals surface area contributed by atoms with Crippen LogP contribution in [0.3, 0.4) is 0 Å². The van der Waals surface area contributed by atoms with Gasteiger partial charge in [-0.1, -0.05) is 6.92 Å². The number of carboxylic acids is 1. The summed E-state index contributed by atoms with van der Waals surface area (Å²) in [5.41, 5.74) is -0.0619. The fourth-order valence-electron chi connectivity index (χ4n) is 1.25. The average Bonchev–Trinajstić information content (AvgIpc) is 2.77. The molecular formula is C11H17N3O3. The van der Waals surface area contributed by atoms with E-state index in [2.05, 4.69) is 10.4 Å². The van der Waals surface area contributed by atoms with E-state index in [0.29, 0.717) is 0 Å². The number of nitrogens with zero attached hydrogens (tertiary/aromatic N) is 2. The van der Waals surface area contributed by atoms with Crippen molar-refractivity contribution in [2.45, 2.75) is 39.3 Å². The summed E-state index contributed by atoms with van der Waals surface area (Å²) in [6.07, 6.45) is 2.34. The van der Waals surface area contributed by atoms with Gasteiger partial charge in [-0.3, -0.25) is 9.48 Å². The Morgan fingerprint density at radius 3 is 2.65 bits per heavy atom. The van der Waals surface area contributed by atoms with Crippen LogP contribution in [-0.4, -0.2) is 32.8 Å². The van der Waals surface area contributed by atoms with Crippen molar-refractivity contribution in [1.29, 1.82) is 0 Å². The molecule has 0 bridgehead atoms. The van der Waals surface area contributed by atoms with Gasteiger partial charge in [0.1, 0.15) is 6.04 Å². The highest BCUT2D eigenvalue weighted by molar-refractivity contribution is 5.85. The van der Waals surface area contributed by atoms with E-state index in [1.807, 2.05) is 13.8 Å². The Bertz CT molecular complexity index is 414. The lowest BCUT2D eigenvalue weighted by Crippen LogP contribution is -2.37. The first kappa shape index (κ1) is 13.2. The predicted octanol–water partition coefficient (Wildman–Crippen LogP) is 1.06. The fourth-order valence-corrected chi connectivity index (χ4v) is 1.25. The lowest BCUT2D eigenvalue weighted by Gasteiger charge is -2.16. The van der Waals surface area contributed by atoms with Gasteiger partial charge in [-0.25, -0.2) is 4.79 Å². The summed E-state index contributed by atoms with van der Waals surface area (Å²) in [6, 6.07) is 0.951. The minimum Gasteiger partial charge on any atom is -0.476 e. The highest BCUT2D eigenvalue weighted by Gasteiger charge is 2.18. The maximum absolute atomic E-state index is 11.8. The van der Waals surface area contributed by atoms with Crippen LogP contribution >= 0.6 is 0 Å². The van der Waals surface area contributed by atoms with E-state index in [1.165, 1.54) is 16.9 Å². The van der Waals surface area contributed by atoms with Crippen LogP contribution in [0.15, 0.2) is 12.3 Å². The van der Waals surface area contributed by atoms with E-state index < -0.39 is 12.0 Å². The van der Waals surface area contributed by atoms with E-state index in [9.17, 15) is 9.59 Å². The second-order valence-corrected chi connectivity index (χ2v) is 3.98. The Hall–Kier alpha value is -1.85. The molecule has 6 heteroatoms. The van der Waals surface area contributed by atoms with Gasteiger partial charge in [0.15, 0.2) is 5.69 Å². The van der Waals surface area contributed by atoms with Gasteiger partial charge in [0, 0.05) is 12.2 Å². The first-order chi connectivity index (χ1) is 7.95. The molecule has 0 saturated carbocycles. The number of hydrogen-bond acceptors (Lipinski definition) is 3. The van der Waals surface area contributed by atoms with E-state index in [1.54, 1.807) is 6.92 Å². The summed E-state index contributed by atoms with van der Waals surface area (Å²) in [4.78, 5) is 22.4. The summed E-state index contributed by atoms with van der Waals surface area (Å²) in [7, 11) is 0. The van der Waals surface area contributed by atoms with E-state index in [-0.39, 0.29) is 17.6 Å². The number of carbonyl (C=O) groups is 2. The molecule has 1 aromatic rings. The van der Waals surface area contributed by atoms with Gasteiger partial charge in [0.25, 0.3) is 0 Å². The molecule has 0 aliphatic heterocycles. The summed E-state index contributed by atoms with van der Waals surface area (Å²) in [5, 5.41) is 15.4. The van der Waals surface area contributed by atoms with Gasteiger partial charge in [0.2, 0.25) is 5.91 Å². The molecule has 2 atom stereocenters. The van der Waals surface area contributed by atoms with Crippen LogP contribution in [-0.2, 0) is 4.79 Å². The predicted molar refractivity (Wildman–Crippen MR) is 61.8 cm³/mol. The monoisotopic (exact) mass is 239 g/mol. The summed E-state index contributed by atoms with van der Waals surface area (Å²) in [6.45, 7) is 5.57. The number of aromatic nitrogens is 2. The lowest BCUT2D eigenvalue weighted by molar-refractivity contribution is -0.124. The van der Waals surface area contributed by atoms with Gasteiger partial charge in [-0.15, -0.1) is 0 Å². The number of carboxylic acid groups (broad SMARTS) is 1. The zero-order valence-electron chi connectivity index (χ0n) is 10.2. The normalized spacial score (nSPS) is 14.1. The molecular weight excluding hydrogens is 222 g/mol. The van der Waals surface area contributed by atoms with Crippen LogP contribution in [0.4, 0.5) is 0 Å². The van der Waals surface area contributed by atoms with Crippen LogP contribution in [0.1, 0.15) is 43.7 Å². The number of carbonyl (C=O) groups excluding carboxylic acids is 1. The SMILES string of the molecule is CCC(C)NC(=O)C(C)n1ccc(C(=O)O)n1. The molecule has 2 unspecified atom stereocenters. The Morgan fingerprint density at radius 1 is 1.53 bits per heavy atom. The van der Waals surface area contributed by atoms with Crippen molar-refractivity contribution < 1.29 is 14.7 Å². The fraction of sp³-hybridized carbons (Fsp3) is 0.545. The third-order valence-electron chi connectivity index (χ3n) is 2.60. The Kier molecular flexibility index (Phi) is 4.25. The van der Waals surface area contributed by atoms with E-state index >= 15 is 0 Å². The first-order valence-corrected chi connectivity index (χ1v) is 5.54. The van der Waals surface area contributed by atoms with Crippen LogP contribution in [0.5, 0.6) is 0 Å². The molecule has 1 amide bonds. The van der Waals surface area contributed by atoms with Gasteiger partial charge in [-0.2, -0.15) is 5.10 Å². The average molecular weight is 239 g/mol. The number of rotatable bonds is 5. The minimum atomic E-state index is -1.10. The number of amides is 1. The molecule has 2 N–H and O–H groups in total. The third-order valence-corrected chi connectivity index (χ3v) is 2.60. The Labute approximate surface area is 99.6 Å². The minimum absolute atomic E-state index is 0.0619. The van der Waals surface area contributed by atoms with Crippen LogP contribution in [0, 0.1) is 0 Å². The largest absolute Gasteiger partial charge is 0.476 e. The molecule has 0 spiro atoms. The second kappa shape index (κ2) is 5.47. The van der Waals surface area contributed by atoms with Crippen molar-refractivity contribution in [2.24, 2.45) is 0 Å². The van der Waals surface area contributed by atoms with Gasteiger partial charge in [0.05, 0.1) is 0 Å². The highest BCUT2D eigenvalue weighted by atomic mass is 16.4. The summed E-state index contributed by atoms with van der Waals surface area (Å²) in [5.74, 6) is -1.27. The van der Waals surface area contributed by atoms with E-state index in [0.717, 1.165) is 6.42 Å². The molecule has 0 fully saturated rings. The molecule has 0 aromatic carbocycles. The van der Waals surface area contributed by atoms with Crippen molar-refractivity contribution in [2.75, 3.05) is 0 Å². The van der Waals surface area contributed by atoms with Gasteiger partial charge in [-0.05, 0) is 26.3 Å². The first-order valence-electron chi connectivity index (χ1n) is 5.54. The highest BCUT2D eigenvalue weighted by Crippen LogP contribution is 2.06. The maximum Gasteiger partial charge on any atom is 0.356 e. The number of hydrogen-bond donors (Lipinski definition) is 2. The standard InChI is InChI=1S/C11H17N3O3/c1-4-7(2)12-10(15)8(3)14-6-5-9(13-14)11(16)17/h5-8H,4H2,1-3H3,(H,12,15)(H,16,17). The quantitative estimate of drug-likeness (QED) is 0.804. The summed E-state index contributed by atoms with van der Waals surface area (Å²) < 4.78 is 1.35. The molecule has 0 aliphatic carbocycles. The van der Waals surface area contributed by atoms with Crippen LogP contribution in [0.25, 0.3) is 0 Å². The molecule has 0 saturated heterocycles. The van der Waals surface area contributed by atoms with Crippen molar-refractivity contribution in [3.8, 4) is 0 Å². The Balaban J connectivity index is 2.71. The Morgan fingerprint density at radius 2 is 2.18 bits per heavy atom. The van der Waals surface area contributed by atoms with Gasteiger partial charge >= 0.3 is 5.97 Å². The molecule has 0 radical (unpaired) electrons. The number of nitrogens with one attached hydrogen (secondary N) is 1. The topological polar surface area (TPSA) is 84.2 Å². The molecule has 6 nitrogen and oxygen atoms in total. The smallest absolute Gasteiger partial charge is 0.356 e. The second-order valence-electron chi connectivity index (χ2n) is 3.98. The van der Waals surface area contributed by atoms with Crippen molar-refractivity contribution in [3.05, 3.63) is 18.0 Å². The van der Waals surface area contributed by atoms with E-state index in [4.69, 9.17) is 5.11 Å². The zero-order valence-corrected chi connectivity index (χ0v) is 10.2. The van der Waals surface area contributed by atoms with Crippen molar-refractivity contribution in [3.63, 3.8) is 0 Å². The maximum atomic E-state index is 11.8. The molecule has 1 heterocycles. The molecule has 1 aromatic heterocycles. The van der Waals surface area contributed by atoms with Crippen molar-refractivity contribution in [1.82, 2.24) is 15.1 Å². The van der Waals surface area contributed by atoms with Crippen LogP contribution in [0.2, 0.25) is 0 Å². The lowest BCUT2D eigenvalue weighted by atomic mass is 10.2. The van der Waals surface area contributed by atoms with Gasteiger partial charge < -0.3 is 10.4 Å². The van der Waals surface area contributed by atoms with Crippen molar-refractivity contribution >= 4 is 11.9 Å². The van der Waals surface area contributed by atoms with Crippen LogP contribution < -0.4 is 5.32 Å². The molecule has 0 aliphatic rings. The third kappa shape index (κ3) is 3.30.